The molecule has 0 amide bonds. The lowest BCUT2D eigenvalue weighted by Gasteiger charge is -2.13. The number of esters is 1. The topological polar surface area (TPSA) is 44.1 Å². The van der Waals surface area contributed by atoms with Crippen molar-refractivity contribution in [1.82, 2.24) is 9.78 Å². The van der Waals surface area contributed by atoms with Gasteiger partial charge < -0.3 is 4.74 Å². The van der Waals surface area contributed by atoms with Crippen LogP contribution in [0.5, 0.6) is 0 Å². The zero-order valence-electron chi connectivity index (χ0n) is 10.4. The van der Waals surface area contributed by atoms with E-state index in [2.05, 4.69) is 5.10 Å². The first-order chi connectivity index (χ1) is 8.31. The van der Waals surface area contributed by atoms with Gasteiger partial charge in [0, 0.05) is 6.20 Å². The van der Waals surface area contributed by atoms with Crippen molar-refractivity contribution in [1.29, 1.82) is 0 Å². The number of aryl methyl sites for hydroxylation is 1. The van der Waals surface area contributed by atoms with Gasteiger partial charge in [-0.1, -0.05) is 6.92 Å². The monoisotopic (exact) mass is 264 g/mol. The second kappa shape index (κ2) is 5.41. The van der Waals surface area contributed by atoms with Crippen molar-refractivity contribution in [3.63, 3.8) is 0 Å². The van der Waals surface area contributed by atoms with Gasteiger partial charge in [-0.2, -0.15) is 18.3 Å². The number of hydrogen-bond acceptors (Lipinski definition) is 3. The lowest BCUT2D eigenvalue weighted by atomic mass is 10.2. The SMILES string of the molecule is CCOC(=O)C(CC)n1cc(C)c(C(F)(F)F)n1. The highest BCUT2D eigenvalue weighted by Crippen LogP contribution is 2.31. The van der Waals surface area contributed by atoms with E-state index in [0.29, 0.717) is 6.42 Å². The van der Waals surface area contributed by atoms with Crippen molar-refractivity contribution in [3.8, 4) is 0 Å². The molecule has 0 aliphatic heterocycles. The highest BCUT2D eigenvalue weighted by molar-refractivity contribution is 5.74. The van der Waals surface area contributed by atoms with Gasteiger partial charge in [0.05, 0.1) is 6.61 Å². The number of halogens is 3. The van der Waals surface area contributed by atoms with Gasteiger partial charge in [-0.25, -0.2) is 4.79 Å². The fraction of sp³-hybridized carbons (Fsp3) is 0.636. The van der Waals surface area contributed by atoms with Gasteiger partial charge in [-0.3, -0.25) is 4.68 Å². The summed E-state index contributed by atoms with van der Waals surface area (Å²) < 4.78 is 43.6. The van der Waals surface area contributed by atoms with Crippen LogP contribution < -0.4 is 0 Å². The number of hydrogen-bond donors (Lipinski definition) is 0. The van der Waals surface area contributed by atoms with E-state index in [1.807, 2.05) is 0 Å². The number of ether oxygens (including phenoxy) is 1. The summed E-state index contributed by atoms with van der Waals surface area (Å²) in [4.78, 5) is 11.6. The molecule has 0 fully saturated rings. The fourth-order valence-corrected chi connectivity index (χ4v) is 1.62. The Morgan fingerprint density at radius 2 is 2.11 bits per heavy atom. The molecule has 0 saturated carbocycles. The predicted octanol–water partition coefficient (Wildman–Crippen LogP) is 2.72. The van der Waals surface area contributed by atoms with Crippen molar-refractivity contribution >= 4 is 5.97 Å². The standard InChI is InChI=1S/C11H15F3N2O2/c1-4-8(10(17)18-5-2)16-6-7(3)9(15-16)11(12,13)14/h6,8H,4-5H2,1-3H3. The lowest BCUT2D eigenvalue weighted by Crippen LogP contribution is -2.22. The summed E-state index contributed by atoms with van der Waals surface area (Å²) in [6.07, 6.45) is -2.98. The van der Waals surface area contributed by atoms with Crippen molar-refractivity contribution in [2.75, 3.05) is 6.61 Å². The molecular formula is C11H15F3N2O2. The Morgan fingerprint density at radius 3 is 2.50 bits per heavy atom. The maximum absolute atomic E-state index is 12.6. The Balaban J connectivity index is 3.05. The van der Waals surface area contributed by atoms with Gasteiger partial charge in [0.2, 0.25) is 0 Å². The molecule has 0 spiro atoms. The molecule has 0 aliphatic carbocycles. The van der Waals surface area contributed by atoms with Crippen LogP contribution in [0.4, 0.5) is 13.2 Å². The van der Waals surface area contributed by atoms with Crippen LogP contribution in [0.3, 0.4) is 0 Å². The van der Waals surface area contributed by atoms with Gasteiger partial charge in [0.1, 0.15) is 6.04 Å². The van der Waals surface area contributed by atoms with Crippen molar-refractivity contribution in [2.45, 2.75) is 39.4 Å². The van der Waals surface area contributed by atoms with Crippen molar-refractivity contribution in [2.24, 2.45) is 0 Å². The van der Waals surface area contributed by atoms with E-state index in [-0.39, 0.29) is 12.2 Å². The smallest absolute Gasteiger partial charge is 0.435 e. The van der Waals surface area contributed by atoms with Gasteiger partial charge in [-0.05, 0) is 25.8 Å². The van der Waals surface area contributed by atoms with E-state index in [1.165, 1.54) is 13.1 Å². The number of alkyl halides is 3. The zero-order valence-corrected chi connectivity index (χ0v) is 10.4. The molecule has 1 atom stereocenters. The molecule has 1 unspecified atom stereocenters. The number of rotatable bonds is 4. The Kier molecular flexibility index (Phi) is 4.37. The van der Waals surface area contributed by atoms with Crippen LogP contribution in [0.15, 0.2) is 6.20 Å². The maximum Gasteiger partial charge on any atom is 0.435 e. The van der Waals surface area contributed by atoms with Gasteiger partial charge in [-0.15, -0.1) is 0 Å². The largest absolute Gasteiger partial charge is 0.464 e. The van der Waals surface area contributed by atoms with E-state index >= 15 is 0 Å². The van der Waals surface area contributed by atoms with Gasteiger partial charge in [0.15, 0.2) is 5.69 Å². The summed E-state index contributed by atoms with van der Waals surface area (Å²) in [5, 5.41) is 3.45. The summed E-state index contributed by atoms with van der Waals surface area (Å²) >= 11 is 0. The van der Waals surface area contributed by atoms with Crippen LogP contribution >= 0.6 is 0 Å². The molecule has 1 heterocycles. The first-order valence-electron chi connectivity index (χ1n) is 5.60. The maximum atomic E-state index is 12.6. The average Bonchev–Trinajstić information content (AvgIpc) is 2.61. The van der Waals surface area contributed by atoms with Crippen LogP contribution in [0.2, 0.25) is 0 Å². The minimum Gasteiger partial charge on any atom is -0.464 e. The summed E-state index contributed by atoms with van der Waals surface area (Å²) in [7, 11) is 0. The number of carbonyl (C=O) groups excluding carboxylic acids is 1. The molecule has 0 N–H and O–H groups in total. The second-order valence-corrected chi connectivity index (χ2v) is 3.81. The van der Waals surface area contributed by atoms with Crippen molar-refractivity contribution < 1.29 is 22.7 Å². The summed E-state index contributed by atoms with van der Waals surface area (Å²) in [5.74, 6) is -0.573. The molecule has 1 aromatic rings. The Hall–Kier alpha value is -1.53. The molecule has 1 rings (SSSR count). The molecule has 0 saturated heterocycles. The van der Waals surface area contributed by atoms with Crippen LogP contribution in [-0.4, -0.2) is 22.4 Å². The lowest BCUT2D eigenvalue weighted by molar-refractivity contribution is -0.149. The molecule has 1 aromatic heterocycles. The van der Waals surface area contributed by atoms with Crippen molar-refractivity contribution in [3.05, 3.63) is 17.5 Å². The van der Waals surface area contributed by atoms with E-state index in [1.54, 1.807) is 13.8 Å². The molecule has 0 aromatic carbocycles. The highest BCUT2D eigenvalue weighted by atomic mass is 19.4. The number of nitrogens with zero attached hydrogens (tertiary/aromatic N) is 2. The summed E-state index contributed by atoms with van der Waals surface area (Å²) in [5.41, 5.74) is -0.976. The molecular weight excluding hydrogens is 249 g/mol. The molecule has 0 radical (unpaired) electrons. The number of aromatic nitrogens is 2. The Morgan fingerprint density at radius 1 is 1.50 bits per heavy atom. The highest BCUT2D eigenvalue weighted by Gasteiger charge is 2.37. The molecule has 7 heteroatoms. The van der Waals surface area contributed by atoms with E-state index in [4.69, 9.17) is 4.74 Å². The Labute approximate surface area is 103 Å². The van der Waals surface area contributed by atoms with Gasteiger partial charge in [0.25, 0.3) is 0 Å². The molecule has 18 heavy (non-hydrogen) atoms. The normalized spacial score (nSPS) is 13.4. The van der Waals surface area contributed by atoms with E-state index < -0.39 is 23.9 Å². The van der Waals surface area contributed by atoms with Crippen LogP contribution in [0.1, 0.15) is 37.6 Å². The van der Waals surface area contributed by atoms with Crippen LogP contribution in [0.25, 0.3) is 0 Å². The summed E-state index contributed by atoms with van der Waals surface area (Å²) in [6.45, 7) is 4.82. The van der Waals surface area contributed by atoms with E-state index in [9.17, 15) is 18.0 Å². The quantitative estimate of drug-likeness (QED) is 0.785. The van der Waals surface area contributed by atoms with Crippen LogP contribution in [0, 0.1) is 6.92 Å². The minimum absolute atomic E-state index is 0.00903. The van der Waals surface area contributed by atoms with Crippen LogP contribution in [-0.2, 0) is 15.7 Å². The second-order valence-electron chi connectivity index (χ2n) is 3.81. The first kappa shape index (κ1) is 14.5. The third-order valence-electron chi connectivity index (χ3n) is 2.45. The number of carbonyl (C=O) groups is 1. The molecule has 0 bridgehead atoms. The van der Waals surface area contributed by atoms with Gasteiger partial charge >= 0.3 is 12.1 Å². The Bertz CT molecular complexity index is 426. The van der Waals surface area contributed by atoms with E-state index in [0.717, 1.165) is 4.68 Å². The molecule has 102 valence electrons. The summed E-state index contributed by atoms with van der Waals surface area (Å²) in [6, 6.07) is -0.820. The predicted molar refractivity (Wildman–Crippen MR) is 57.9 cm³/mol. The zero-order chi connectivity index (χ0) is 13.9. The average molecular weight is 264 g/mol. The molecule has 4 nitrogen and oxygen atoms in total. The molecule has 0 aliphatic rings. The third-order valence-corrected chi connectivity index (χ3v) is 2.45. The first-order valence-corrected chi connectivity index (χ1v) is 5.60. The fourth-order valence-electron chi connectivity index (χ4n) is 1.62. The minimum atomic E-state index is -4.51. The third kappa shape index (κ3) is 3.02.